The molecule has 0 fully saturated rings. The van der Waals surface area contributed by atoms with Gasteiger partial charge in [-0.25, -0.2) is 0 Å². The Morgan fingerprint density at radius 1 is 1.40 bits per heavy atom. The van der Waals surface area contributed by atoms with Crippen molar-refractivity contribution in [3.05, 3.63) is 30.2 Å². The van der Waals surface area contributed by atoms with Crippen molar-refractivity contribution in [3.63, 3.8) is 0 Å². The first-order chi connectivity index (χ1) is 4.69. The Morgan fingerprint density at radius 3 is 2.50 bits per heavy atom. The standard InChI is InChI=1S/C9H13O/c1-8-6-4-5-7-9(8,2)10-3/h4-7H,1-3H3. The molecule has 0 saturated carbocycles. The summed E-state index contributed by atoms with van der Waals surface area (Å²) >= 11 is 0. The van der Waals surface area contributed by atoms with Gasteiger partial charge in [0, 0.05) is 13.5 Å². The van der Waals surface area contributed by atoms with Crippen LogP contribution in [0.1, 0.15) is 13.8 Å². The van der Waals surface area contributed by atoms with E-state index in [-0.39, 0.29) is 5.60 Å². The summed E-state index contributed by atoms with van der Waals surface area (Å²) in [5.41, 5.74) is 1.08. The number of hydrogen-bond acceptors (Lipinski definition) is 1. The van der Waals surface area contributed by atoms with E-state index in [9.17, 15) is 0 Å². The number of rotatable bonds is 1. The Labute approximate surface area is 62.4 Å². The molecule has 1 radical (unpaired) electrons. The third-order valence-corrected chi connectivity index (χ3v) is 2.08. The maximum atomic E-state index is 5.32. The average Bonchev–Trinajstić information content (AvgIpc) is 1.96. The van der Waals surface area contributed by atoms with Gasteiger partial charge in [0.1, 0.15) is 0 Å². The van der Waals surface area contributed by atoms with Crippen molar-refractivity contribution in [1.82, 2.24) is 0 Å². The second-order valence-corrected chi connectivity index (χ2v) is 2.71. The predicted octanol–water partition coefficient (Wildman–Crippen LogP) is 2.11. The van der Waals surface area contributed by atoms with Crippen molar-refractivity contribution in [2.24, 2.45) is 0 Å². The molecule has 0 spiro atoms. The van der Waals surface area contributed by atoms with Crippen LogP contribution in [0.25, 0.3) is 0 Å². The highest BCUT2D eigenvalue weighted by Crippen LogP contribution is 2.26. The predicted molar refractivity (Wildman–Crippen MR) is 42.6 cm³/mol. The van der Waals surface area contributed by atoms with Crippen LogP contribution in [0.15, 0.2) is 23.8 Å². The van der Waals surface area contributed by atoms with Gasteiger partial charge in [0.25, 0.3) is 0 Å². The first-order valence-electron chi connectivity index (χ1n) is 3.44. The first-order valence-corrected chi connectivity index (χ1v) is 3.44. The lowest BCUT2D eigenvalue weighted by atomic mass is 9.89. The molecule has 0 aromatic carbocycles. The maximum Gasteiger partial charge on any atom is 0.0929 e. The number of ether oxygens (including phenoxy) is 1. The highest BCUT2D eigenvalue weighted by atomic mass is 16.5. The molecule has 0 aliphatic heterocycles. The Bertz CT molecular complexity index is 179. The van der Waals surface area contributed by atoms with E-state index in [4.69, 9.17) is 4.74 Å². The molecule has 1 aliphatic carbocycles. The van der Waals surface area contributed by atoms with Gasteiger partial charge in [-0.15, -0.1) is 0 Å². The summed E-state index contributed by atoms with van der Waals surface area (Å²) in [7, 11) is 1.73. The highest BCUT2D eigenvalue weighted by molar-refractivity contribution is 5.32. The SMILES string of the molecule is COC1(C)[CH]C=CC=C1C. The van der Waals surface area contributed by atoms with Crippen LogP contribution in [0.5, 0.6) is 0 Å². The van der Waals surface area contributed by atoms with Crippen LogP contribution >= 0.6 is 0 Å². The molecule has 0 bridgehead atoms. The molecule has 1 aliphatic rings. The van der Waals surface area contributed by atoms with Gasteiger partial charge in [-0.05, 0) is 19.4 Å². The monoisotopic (exact) mass is 137 g/mol. The van der Waals surface area contributed by atoms with Gasteiger partial charge in [-0.2, -0.15) is 0 Å². The van der Waals surface area contributed by atoms with E-state index in [0.29, 0.717) is 0 Å². The van der Waals surface area contributed by atoms with Crippen LogP contribution in [0.4, 0.5) is 0 Å². The van der Waals surface area contributed by atoms with E-state index in [0.717, 1.165) is 0 Å². The number of allylic oxidation sites excluding steroid dienone is 2. The zero-order valence-corrected chi connectivity index (χ0v) is 6.72. The molecule has 1 heteroatoms. The number of methoxy groups -OCH3 is 1. The third-order valence-electron chi connectivity index (χ3n) is 2.08. The van der Waals surface area contributed by atoms with Gasteiger partial charge in [0.2, 0.25) is 0 Å². The van der Waals surface area contributed by atoms with Crippen molar-refractivity contribution in [2.45, 2.75) is 19.4 Å². The first kappa shape index (κ1) is 7.55. The molecule has 10 heavy (non-hydrogen) atoms. The van der Waals surface area contributed by atoms with Gasteiger partial charge in [0.05, 0.1) is 5.60 Å². The number of hydrogen-bond donors (Lipinski definition) is 0. The second-order valence-electron chi connectivity index (χ2n) is 2.71. The summed E-state index contributed by atoms with van der Waals surface area (Å²) in [4.78, 5) is 0. The molecule has 1 unspecified atom stereocenters. The van der Waals surface area contributed by atoms with E-state index in [2.05, 4.69) is 26.3 Å². The summed E-state index contributed by atoms with van der Waals surface area (Å²) in [6.07, 6.45) is 8.17. The summed E-state index contributed by atoms with van der Waals surface area (Å²) in [5.74, 6) is 0. The van der Waals surface area contributed by atoms with Crippen molar-refractivity contribution in [3.8, 4) is 0 Å². The molecule has 0 amide bonds. The van der Waals surface area contributed by atoms with Crippen LogP contribution in [0, 0.1) is 6.42 Å². The van der Waals surface area contributed by atoms with Gasteiger partial charge < -0.3 is 4.74 Å². The fraction of sp³-hybridized carbons (Fsp3) is 0.444. The molecular formula is C9H13O. The smallest absolute Gasteiger partial charge is 0.0929 e. The Morgan fingerprint density at radius 2 is 2.10 bits per heavy atom. The highest BCUT2D eigenvalue weighted by Gasteiger charge is 2.25. The fourth-order valence-corrected chi connectivity index (χ4v) is 0.965. The molecule has 1 atom stereocenters. The van der Waals surface area contributed by atoms with E-state index in [1.165, 1.54) is 5.57 Å². The second kappa shape index (κ2) is 2.59. The van der Waals surface area contributed by atoms with Gasteiger partial charge in [-0.1, -0.05) is 18.2 Å². The molecule has 1 nitrogen and oxygen atoms in total. The van der Waals surface area contributed by atoms with Crippen LogP contribution in [-0.2, 0) is 4.74 Å². The van der Waals surface area contributed by atoms with Crippen LogP contribution in [-0.4, -0.2) is 12.7 Å². The summed E-state index contributed by atoms with van der Waals surface area (Å²) in [5, 5.41) is 0. The zero-order valence-electron chi connectivity index (χ0n) is 6.72. The molecule has 0 aromatic heterocycles. The maximum absolute atomic E-state index is 5.32. The summed E-state index contributed by atoms with van der Waals surface area (Å²) < 4.78 is 5.32. The lowest BCUT2D eigenvalue weighted by molar-refractivity contribution is 0.0692. The minimum absolute atomic E-state index is 0.172. The lowest BCUT2D eigenvalue weighted by Gasteiger charge is -2.29. The lowest BCUT2D eigenvalue weighted by Crippen LogP contribution is -2.29. The molecule has 0 saturated heterocycles. The minimum Gasteiger partial charge on any atom is -0.374 e. The molecule has 1 rings (SSSR count). The van der Waals surface area contributed by atoms with Crippen molar-refractivity contribution in [2.75, 3.05) is 7.11 Å². The van der Waals surface area contributed by atoms with Crippen molar-refractivity contribution in [1.29, 1.82) is 0 Å². The zero-order chi connectivity index (χ0) is 7.61. The quantitative estimate of drug-likeness (QED) is 0.538. The third kappa shape index (κ3) is 1.14. The largest absolute Gasteiger partial charge is 0.374 e. The Balaban J connectivity index is 2.81. The fourth-order valence-electron chi connectivity index (χ4n) is 0.965. The molecule has 0 aromatic rings. The van der Waals surface area contributed by atoms with Gasteiger partial charge >= 0.3 is 0 Å². The van der Waals surface area contributed by atoms with E-state index >= 15 is 0 Å². The Hall–Kier alpha value is -0.560. The van der Waals surface area contributed by atoms with Crippen LogP contribution in [0.3, 0.4) is 0 Å². The molecule has 0 N–H and O–H groups in total. The average molecular weight is 137 g/mol. The molecule has 55 valence electrons. The summed E-state index contributed by atoms with van der Waals surface area (Å²) in [6, 6.07) is 0. The van der Waals surface area contributed by atoms with Crippen LogP contribution < -0.4 is 0 Å². The normalized spacial score (nSPS) is 32.1. The molecule has 0 heterocycles. The summed E-state index contributed by atoms with van der Waals surface area (Å²) in [6.45, 7) is 4.13. The van der Waals surface area contributed by atoms with Crippen LogP contribution in [0.2, 0.25) is 0 Å². The van der Waals surface area contributed by atoms with Crippen molar-refractivity contribution >= 4 is 0 Å². The minimum atomic E-state index is -0.172. The van der Waals surface area contributed by atoms with Gasteiger partial charge in [0.15, 0.2) is 0 Å². The van der Waals surface area contributed by atoms with E-state index in [1.54, 1.807) is 7.11 Å². The van der Waals surface area contributed by atoms with Crippen molar-refractivity contribution < 1.29 is 4.74 Å². The molecular weight excluding hydrogens is 124 g/mol. The van der Waals surface area contributed by atoms with E-state index in [1.807, 2.05) is 12.2 Å². The van der Waals surface area contributed by atoms with Gasteiger partial charge in [-0.3, -0.25) is 0 Å². The topological polar surface area (TPSA) is 9.23 Å². The van der Waals surface area contributed by atoms with E-state index < -0.39 is 0 Å². The Kier molecular flexibility index (Phi) is 1.95.